The van der Waals surface area contributed by atoms with Crippen LogP contribution in [0.3, 0.4) is 0 Å². The Morgan fingerprint density at radius 3 is 2.89 bits per heavy atom. The maximum absolute atomic E-state index is 12.8. The molecule has 1 fully saturated rings. The minimum absolute atomic E-state index is 0.0422. The van der Waals surface area contributed by atoms with E-state index >= 15 is 0 Å². The molecule has 2 aromatic rings. The smallest absolute Gasteiger partial charge is 0.256 e. The summed E-state index contributed by atoms with van der Waals surface area (Å²) in [6, 6.07) is 0.423. The van der Waals surface area contributed by atoms with Crippen LogP contribution in [-0.4, -0.2) is 37.8 Å². The number of nitrogens with one attached hydrogen (secondary N) is 2. The molecule has 0 spiro atoms. The van der Waals surface area contributed by atoms with Crippen LogP contribution in [0.2, 0.25) is 0 Å². The Labute approximate surface area is 166 Å². The van der Waals surface area contributed by atoms with Crippen molar-refractivity contribution in [3.05, 3.63) is 30.5 Å². The second kappa shape index (κ2) is 7.97. The molecule has 2 N–H and O–H groups in total. The molecule has 1 saturated carbocycles. The van der Waals surface area contributed by atoms with Gasteiger partial charge in [0, 0.05) is 31.5 Å². The first-order valence-electron chi connectivity index (χ1n) is 10.6. The maximum atomic E-state index is 12.8. The first-order chi connectivity index (χ1) is 13.5. The highest BCUT2D eigenvalue weighted by Gasteiger charge is 2.39. The van der Waals surface area contributed by atoms with Gasteiger partial charge in [0.25, 0.3) is 5.91 Å². The van der Waals surface area contributed by atoms with Crippen molar-refractivity contribution >= 4 is 11.7 Å². The molecule has 28 heavy (non-hydrogen) atoms. The van der Waals surface area contributed by atoms with E-state index < -0.39 is 0 Å². The third-order valence-corrected chi connectivity index (χ3v) is 6.29. The van der Waals surface area contributed by atoms with E-state index in [-0.39, 0.29) is 11.4 Å². The fraction of sp³-hybridized carbons (Fsp3) is 0.667. The lowest BCUT2D eigenvalue weighted by atomic mass is 9.78. The fourth-order valence-corrected chi connectivity index (χ4v) is 4.76. The Hall–Kier alpha value is -2.31. The molecule has 3 heterocycles. The Morgan fingerprint density at radius 2 is 2.14 bits per heavy atom. The van der Waals surface area contributed by atoms with E-state index in [1.54, 1.807) is 18.7 Å². The molecule has 0 aromatic carbocycles. The molecular formula is C21H32N6O. The topological polar surface area (TPSA) is 76.8 Å². The zero-order chi connectivity index (χ0) is 19.6. The predicted octanol–water partition coefficient (Wildman–Crippen LogP) is 3.40. The zero-order valence-corrected chi connectivity index (χ0v) is 17.0. The Balaban J connectivity index is 1.41. The molecule has 1 amide bonds. The largest absolute Gasteiger partial charge is 0.366 e. The van der Waals surface area contributed by atoms with E-state index in [1.165, 1.54) is 32.1 Å². The van der Waals surface area contributed by atoms with Crippen LogP contribution in [0.15, 0.2) is 24.9 Å². The van der Waals surface area contributed by atoms with Crippen molar-refractivity contribution in [3.63, 3.8) is 0 Å². The summed E-state index contributed by atoms with van der Waals surface area (Å²) in [6.07, 6.45) is 15.7. The number of aromatic nitrogens is 4. The molecule has 0 saturated heterocycles. The molecule has 1 atom stereocenters. The number of carbonyl (C=O) groups excluding carboxylic acids is 1. The van der Waals surface area contributed by atoms with Gasteiger partial charge in [0.05, 0.1) is 18.1 Å². The molecule has 7 nitrogen and oxygen atoms in total. The van der Waals surface area contributed by atoms with E-state index in [1.807, 2.05) is 15.4 Å². The molecule has 0 bridgehead atoms. The average Bonchev–Trinajstić information content (AvgIpc) is 3.35. The van der Waals surface area contributed by atoms with Crippen LogP contribution in [0.25, 0.3) is 0 Å². The number of imidazole rings is 1. The molecule has 1 aliphatic carbocycles. The van der Waals surface area contributed by atoms with Gasteiger partial charge in [-0.25, -0.2) is 9.67 Å². The van der Waals surface area contributed by atoms with Crippen LogP contribution in [0.1, 0.15) is 69.2 Å². The third-order valence-electron chi connectivity index (χ3n) is 6.29. The fourth-order valence-electron chi connectivity index (χ4n) is 4.76. The normalized spacial score (nSPS) is 21.7. The molecule has 1 unspecified atom stereocenters. The van der Waals surface area contributed by atoms with Crippen LogP contribution in [0, 0.1) is 5.92 Å². The molecule has 0 radical (unpaired) electrons. The summed E-state index contributed by atoms with van der Waals surface area (Å²) < 4.78 is 4.03. The van der Waals surface area contributed by atoms with Gasteiger partial charge in [-0.3, -0.25) is 4.79 Å². The quantitative estimate of drug-likeness (QED) is 0.749. The van der Waals surface area contributed by atoms with E-state index in [4.69, 9.17) is 0 Å². The average molecular weight is 385 g/mol. The highest BCUT2D eigenvalue weighted by atomic mass is 16.1. The van der Waals surface area contributed by atoms with Gasteiger partial charge in [0.1, 0.15) is 11.4 Å². The summed E-state index contributed by atoms with van der Waals surface area (Å²) in [4.78, 5) is 16.8. The third kappa shape index (κ3) is 3.93. The molecular weight excluding hydrogens is 352 g/mol. The lowest BCUT2D eigenvalue weighted by molar-refractivity contribution is 0.0953. The lowest BCUT2D eigenvalue weighted by Gasteiger charge is -2.42. The van der Waals surface area contributed by atoms with Crippen LogP contribution in [0.5, 0.6) is 0 Å². The van der Waals surface area contributed by atoms with Gasteiger partial charge >= 0.3 is 0 Å². The second-order valence-electron chi connectivity index (χ2n) is 8.89. The van der Waals surface area contributed by atoms with E-state index in [0.717, 1.165) is 25.2 Å². The van der Waals surface area contributed by atoms with E-state index in [9.17, 15) is 4.79 Å². The van der Waals surface area contributed by atoms with Crippen LogP contribution in [-0.2, 0) is 12.1 Å². The van der Waals surface area contributed by atoms with Gasteiger partial charge in [-0.1, -0.05) is 19.3 Å². The first kappa shape index (κ1) is 19.0. The monoisotopic (exact) mass is 384 g/mol. The molecule has 2 aromatic heterocycles. The van der Waals surface area contributed by atoms with Gasteiger partial charge in [0.15, 0.2) is 0 Å². The van der Waals surface area contributed by atoms with Crippen molar-refractivity contribution in [3.8, 4) is 0 Å². The highest BCUT2D eigenvalue weighted by molar-refractivity contribution is 5.98. The summed E-state index contributed by atoms with van der Waals surface area (Å²) in [5, 5.41) is 11.3. The zero-order valence-electron chi connectivity index (χ0n) is 17.0. The van der Waals surface area contributed by atoms with Gasteiger partial charge in [-0.15, -0.1) is 0 Å². The molecule has 1 aliphatic heterocycles. The molecule has 7 heteroatoms. The number of hydrogen-bond acceptors (Lipinski definition) is 4. The second-order valence-corrected chi connectivity index (χ2v) is 8.89. The maximum Gasteiger partial charge on any atom is 0.256 e. The minimum atomic E-state index is -0.0807. The van der Waals surface area contributed by atoms with Gasteiger partial charge in [-0.2, -0.15) is 5.10 Å². The number of anilines is 1. The number of amides is 1. The summed E-state index contributed by atoms with van der Waals surface area (Å²) in [7, 11) is 0. The number of nitrogens with zero attached hydrogens (tertiary/aromatic N) is 4. The lowest BCUT2D eigenvalue weighted by Crippen LogP contribution is -2.46. The number of carbonyl (C=O) groups is 1. The van der Waals surface area contributed by atoms with Crippen molar-refractivity contribution in [2.75, 3.05) is 11.9 Å². The molecule has 152 valence electrons. The summed E-state index contributed by atoms with van der Waals surface area (Å²) in [5.41, 5.74) is 0.582. The summed E-state index contributed by atoms with van der Waals surface area (Å²) in [6.45, 7) is 5.94. The van der Waals surface area contributed by atoms with Crippen molar-refractivity contribution < 1.29 is 4.79 Å². The van der Waals surface area contributed by atoms with Gasteiger partial charge in [0.2, 0.25) is 0 Å². The first-order valence-corrected chi connectivity index (χ1v) is 10.6. The Bertz CT molecular complexity index is 788. The Morgan fingerprint density at radius 1 is 1.32 bits per heavy atom. The van der Waals surface area contributed by atoms with Gasteiger partial charge in [-0.05, 0) is 45.4 Å². The van der Waals surface area contributed by atoms with Crippen molar-refractivity contribution in [2.45, 2.75) is 76.9 Å². The SMILES string of the molecule is CC1(C)CC(C2CCCCC2)Nc2c(C(=O)NCCCn3ccnc3)cnn21. The van der Waals surface area contributed by atoms with Crippen molar-refractivity contribution in [1.29, 1.82) is 0 Å². The molecule has 2 aliphatic rings. The molecule has 4 rings (SSSR count). The van der Waals surface area contributed by atoms with E-state index in [2.05, 4.69) is 34.6 Å². The van der Waals surface area contributed by atoms with Gasteiger partial charge < -0.3 is 15.2 Å². The number of rotatable bonds is 6. The van der Waals surface area contributed by atoms with Crippen molar-refractivity contribution in [1.82, 2.24) is 24.6 Å². The van der Waals surface area contributed by atoms with Crippen LogP contribution < -0.4 is 10.6 Å². The summed E-state index contributed by atoms with van der Waals surface area (Å²) in [5.74, 6) is 1.54. The standard InChI is InChI=1S/C21H32N6O/c1-21(2)13-18(16-7-4-3-5-8-16)25-19-17(14-24-27(19)21)20(28)23-9-6-11-26-12-10-22-15-26/h10,12,14-16,18,25H,3-9,11,13H2,1-2H3,(H,23,28). The minimum Gasteiger partial charge on any atom is -0.366 e. The Kier molecular flexibility index (Phi) is 5.42. The van der Waals surface area contributed by atoms with Crippen LogP contribution >= 0.6 is 0 Å². The van der Waals surface area contributed by atoms with Crippen LogP contribution in [0.4, 0.5) is 5.82 Å². The van der Waals surface area contributed by atoms with E-state index in [0.29, 0.717) is 24.1 Å². The highest BCUT2D eigenvalue weighted by Crippen LogP contribution is 2.39. The number of fused-ring (bicyclic) bond motifs is 1. The number of aryl methyl sites for hydroxylation is 1. The van der Waals surface area contributed by atoms with Crippen molar-refractivity contribution in [2.24, 2.45) is 5.92 Å². The number of hydrogen-bond donors (Lipinski definition) is 2. The predicted molar refractivity (Wildman–Crippen MR) is 109 cm³/mol. The summed E-state index contributed by atoms with van der Waals surface area (Å²) >= 11 is 0.